The SMILES string of the molecule is Cc1ccccc1C1(O)CCNCC1Cc1ccccc1F. The van der Waals surface area contributed by atoms with Gasteiger partial charge in [-0.25, -0.2) is 4.39 Å². The number of nitrogens with one attached hydrogen (secondary N) is 1. The molecular formula is C19H22FNO. The minimum absolute atomic E-state index is 0.0424. The number of benzene rings is 2. The molecule has 1 aliphatic heterocycles. The van der Waals surface area contributed by atoms with Crippen molar-refractivity contribution in [2.24, 2.45) is 5.92 Å². The molecule has 1 fully saturated rings. The third kappa shape index (κ3) is 2.79. The van der Waals surface area contributed by atoms with E-state index in [9.17, 15) is 9.50 Å². The van der Waals surface area contributed by atoms with Crippen molar-refractivity contribution in [3.05, 3.63) is 71.0 Å². The van der Waals surface area contributed by atoms with Crippen molar-refractivity contribution in [2.75, 3.05) is 13.1 Å². The van der Waals surface area contributed by atoms with Crippen LogP contribution >= 0.6 is 0 Å². The Hall–Kier alpha value is -1.71. The van der Waals surface area contributed by atoms with Crippen molar-refractivity contribution in [3.63, 3.8) is 0 Å². The van der Waals surface area contributed by atoms with Crippen molar-refractivity contribution in [2.45, 2.75) is 25.4 Å². The predicted octanol–water partition coefficient (Wildman–Crippen LogP) is 3.17. The van der Waals surface area contributed by atoms with E-state index in [4.69, 9.17) is 0 Å². The maximum Gasteiger partial charge on any atom is 0.126 e. The number of piperidine rings is 1. The molecule has 1 aliphatic rings. The molecule has 0 amide bonds. The van der Waals surface area contributed by atoms with Crippen LogP contribution in [0.5, 0.6) is 0 Å². The third-order valence-electron chi connectivity index (χ3n) is 4.78. The molecule has 116 valence electrons. The Kier molecular flexibility index (Phi) is 4.27. The Morgan fingerprint density at radius 3 is 2.68 bits per heavy atom. The van der Waals surface area contributed by atoms with Crippen molar-refractivity contribution in [1.82, 2.24) is 5.32 Å². The van der Waals surface area contributed by atoms with Gasteiger partial charge in [0.25, 0.3) is 0 Å². The van der Waals surface area contributed by atoms with Gasteiger partial charge in [0.05, 0.1) is 5.60 Å². The minimum atomic E-state index is -0.904. The molecule has 0 spiro atoms. The molecule has 3 heteroatoms. The lowest BCUT2D eigenvalue weighted by Crippen LogP contribution is -2.49. The topological polar surface area (TPSA) is 32.3 Å². The summed E-state index contributed by atoms with van der Waals surface area (Å²) in [4.78, 5) is 0. The highest BCUT2D eigenvalue weighted by atomic mass is 19.1. The van der Waals surface area contributed by atoms with Crippen molar-refractivity contribution in [1.29, 1.82) is 0 Å². The third-order valence-corrected chi connectivity index (χ3v) is 4.78. The van der Waals surface area contributed by atoms with Gasteiger partial charge in [-0.3, -0.25) is 0 Å². The maximum absolute atomic E-state index is 14.0. The quantitative estimate of drug-likeness (QED) is 0.912. The summed E-state index contributed by atoms with van der Waals surface area (Å²) in [5.41, 5.74) is 1.82. The first kappa shape index (κ1) is 15.2. The van der Waals surface area contributed by atoms with E-state index in [1.54, 1.807) is 6.07 Å². The lowest BCUT2D eigenvalue weighted by molar-refractivity contribution is -0.0470. The van der Waals surface area contributed by atoms with Gasteiger partial charge >= 0.3 is 0 Å². The second-order valence-electron chi connectivity index (χ2n) is 6.19. The van der Waals surface area contributed by atoms with Crippen molar-refractivity contribution >= 4 is 0 Å². The van der Waals surface area contributed by atoms with Crippen molar-refractivity contribution in [3.8, 4) is 0 Å². The molecule has 1 heterocycles. The Labute approximate surface area is 131 Å². The van der Waals surface area contributed by atoms with E-state index < -0.39 is 5.60 Å². The molecule has 1 saturated heterocycles. The molecule has 2 nitrogen and oxygen atoms in total. The van der Waals surface area contributed by atoms with E-state index in [0.717, 1.165) is 17.7 Å². The molecule has 2 unspecified atom stereocenters. The normalized spacial score (nSPS) is 25.1. The Balaban J connectivity index is 1.95. The van der Waals surface area contributed by atoms with Gasteiger partial charge in [-0.1, -0.05) is 42.5 Å². The number of halogens is 1. The van der Waals surface area contributed by atoms with Crippen LogP contribution in [0.15, 0.2) is 48.5 Å². The number of rotatable bonds is 3. The highest BCUT2D eigenvalue weighted by Gasteiger charge is 2.41. The van der Waals surface area contributed by atoms with E-state index in [-0.39, 0.29) is 11.7 Å². The first-order chi connectivity index (χ1) is 10.6. The first-order valence-electron chi connectivity index (χ1n) is 7.84. The fourth-order valence-electron chi connectivity index (χ4n) is 3.51. The summed E-state index contributed by atoms with van der Waals surface area (Å²) in [6.07, 6.45) is 1.18. The van der Waals surface area contributed by atoms with Gasteiger partial charge in [0.15, 0.2) is 0 Å². The van der Waals surface area contributed by atoms with E-state index in [0.29, 0.717) is 24.9 Å². The van der Waals surface area contributed by atoms with E-state index in [1.807, 2.05) is 43.3 Å². The average Bonchev–Trinajstić information content (AvgIpc) is 2.52. The second-order valence-corrected chi connectivity index (χ2v) is 6.19. The van der Waals surface area contributed by atoms with Gasteiger partial charge in [0, 0.05) is 12.5 Å². The molecule has 2 aromatic rings. The van der Waals surface area contributed by atoms with Crippen LogP contribution in [0.2, 0.25) is 0 Å². The molecule has 0 aliphatic carbocycles. The van der Waals surface area contributed by atoms with Crippen LogP contribution in [-0.4, -0.2) is 18.2 Å². The van der Waals surface area contributed by atoms with Gasteiger partial charge in [-0.15, -0.1) is 0 Å². The number of hydrogen-bond acceptors (Lipinski definition) is 2. The van der Waals surface area contributed by atoms with Crippen LogP contribution in [0.1, 0.15) is 23.1 Å². The molecule has 0 bridgehead atoms. The standard InChI is InChI=1S/C19H22FNO/c1-14-6-2-4-8-17(14)19(22)10-11-21-13-16(19)12-15-7-3-5-9-18(15)20/h2-9,16,21-22H,10-13H2,1H3. The number of aliphatic hydroxyl groups is 1. The zero-order valence-electron chi connectivity index (χ0n) is 12.8. The summed E-state index contributed by atoms with van der Waals surface area (Å²) in [7, 11) is 0. The summed E-state index contributed by atoms with van der Waals surface area (Å²) in [5.74, 6) is -0.237. The molecule has 0 aromatic heterocycles. The summed E-state index contributed by atoms with van der Waals surface area (Å²) in [5, 5.41) is 14.7. The monoisotopic (exact) mass is 299 g/mol. The predicted molar refractivity (Wildman–Crippen MR) is 86.2 cm³/mol. The summed E-state index contributed by atoms with van der Waals surface area (Å²) >= 11 is 0. The van der Waals surface area contributed by atoms with Gasteiger partial charge in [-0.2, -0.15) is 0 Å². The van der Waals surface area contributed by atoms with E-state index >= 15 is 0 Å². The first-order valence-corrected chi connectivity index (χ1v) is 7.84. The molecule has 2 atom stereocenters. The second kappa shape index (κ2) is 6.19. The molecule has 22 heavy (non-hydrogen) atoms. The van der Waals surface area contributed by atoms with Gasteiger partial charge in [-0.05, 0) is 49.1 Å². The summed E-state index contributed by atoms with van der Waals surface area (Å²) in [6, 6.07) is 14.8. The lowest BCUT2D eigenvalue weighted by atomic mass is 9.72. The molecular weight excluding hydrogens is 277 g/mol. The Morgan fingerprint density at radius 2 is 1.91 bits per heavy atom. The van der Waals surface area contributed by atoms with Crippen LogP contribution in [0.3, 0.4) is 0 Å². The lowest BCUT2D eigenvalue weighted by Gasteiger charge is -2.42. The molecule has 0 saturated carbocycles. The average molecular weight is 299 g/mol. The summed E-state index contributed by atoms with van der Waals surface area (Å²) in [6.45, 7) is 3.49. The van der Waals surface area contributed by atoms with Crippen LogP contribution in [0.4, 0.5) is 4.39 Å². The van der Waals surface area contributed by atoms with Crippen LogP contribution in [-0.2, 0) is 12.0 Å². The fraction of sp³-hybridized carbons (Fsp3) is 0.368. The van der Waals surface area contributed by atoms with Gasteiger partial charge in [0.1, 0.15) is 5.82 Å². The largest absolute Gasteiger partial charge is 0.385 e. The smallest absolute Gasteiger partial charge is 0.126 e. The van der Waals surface area contributed by atoms with Crippen LogP contribution in [0, 0.1) is 18.7 Å². The van der Waals surface area contributed by atoms with E-state index in [1.165, 1.54) is 6.07 Å². The van der Waals surface area contributed by atoms with Crippen LogP contribution < -0.4 is 5.32 Å². The van der Waals surface area contributed by atoms with Crippen LogP contribution in [0.25, 0.3) is 0 Å². The molecule has 0 radical (unpaired) electrons. The Morgan fingerprint density at radius 1 is 1.18 bits per heavy atom. The highest BCUT2D eigenvalue weighted by Crippen LogP contribution is 2.38. The molecule has 3 rings (SSSR count). The van der Waals surface area contributed by atoms with Crippen molar-refractivity contribution < 1.29 is 9.50 Å². The summed E-state index contributed by atoms with van der Waals surface area (Å²) < 4.78 is 14.0. The van der Waals surface area contributed by atoms with E-state index in [2.05, 4.69) is 5.32 Å². The van der Waals surface area contributed by atoms with Gasteiger partial charge < -0.3 is 10.4 Å². The zero-order chi connectivity index (χ0) is 15.6. The number of aryl methyl sites for hydroxylation is 1. The molecule has 2 N–H and O–H groups in total. The number of hydrogen-bond donors (Lipinski definition) is 2. The maximum atomic E-state index is 14.0. The van der Waals surface area contributed by atoms with Gasteiger partial charge in [0.2, 0.25) is 0 Å². The molecule has 2 aromatic carbocycles. The Bertz CT molecular complexity index is 657. The fourth-order valence-corrected chi connectivity index (χ4v) is 3.51. The zero-order valence-corrected chi connectivity index (χ0v) is 12.8. The minimum Gasteiger partial charge on any atom is -0.385 e. The highest BCUT2D eigenvalue weighted by molar-refractivity contribution is 5.33.